The summed E-state index contributed by atoms with van der Waals surface area (Å²) in [5.74, 6) is -0.947. The van der Waals surface area contributed by atoms with E-state index in [1.807, 2.05) is 0 Å². The molecule has 2 aromatic rings. The summed E-state index contributed by atoms with van der Waals surface area (Å²) in [6, 6.07) is 7.99. The van der Waals surface area contributed by atoms with Crippen molar-refractivity contribution in [3.8, 4) is 0 Å². The summed E-state index contributed by atoms with van der Waals surface area (Å²) in [6.45, 7) is 0. The fourth-order valence-corrected chi connectivity index (χ4v) is 3.89. The minimum absolute atomic E-state index is 0.195. The Labute approximate surface area is 124 Å². The van der Waals surface area contributed by atoms with Gasteiger partial charge in [-0.25, -0.2) is 17.9 Å². The van der Waals surface area contributed by atoms with Crippen molar-refractivity contribution in [1.29, 1.82) is 0 Å². The summed E-state index contributed by atoms with van der Waals surface area (Å²) in [5, 5.41) is 10.6. The van der Waals surface area contributed by atoms with E-state index < -0.39 is 16.0 Å². The smallest absolute Gasteiger partial charge is 0.345 e. The molecule has 0 aliphatic rings. The molecule has 0 spiro atoms. The highest BCUT2D eigenvalue weighted by atomic mass is 32.2. The number of hydrogen-bond donors (Lipinski definition) is 2. The van der Waals surface area contributed by atoms with Crippen molar-refractivity contribution in [2.75, 3.05) is 7.05 Å². The summed E-state index contributed by atoms with van der Waals surface area (Å²) in [7, 11) is -2.07. The van der Waals surface area contributed by atoms with Crippen LogP contribution in [0.2, 0.25) is 0 Å². The molecule has 20 heavy (non-hydrogen) atoms. The number of hydrogen-bond acceptors (Lipinski definition) is 5. The first-order valence-corrected chi connectivity index (χ1v) is 8.63. The van der Waals surface area contributed by atoms with Crippen molar-refractivity contribution in [3.05, 3.63) is 40.6 Å². The van der Waals surface area contributed by atoms with Crippen molar-refractivity contribution >= 4 is 39.1 Å². The standard InChI is InChI=1S/C12H11NO4S3/c1-13-20(16,17)10-4-2-8(3-5-10)19-9-6-11(12(14)15)18-7-9/h2-7,13H,1H3,(H,14,15). The molecule has 0 radical (unpaired) electrons. The summed E-state index contributed by atoms with van der Waals surface area (Å²) in [4.78, 5) is 12.9. The average molecular weight is 329 g/mol. The lowest BCUT2D eigenvalue weighted by molar-refractivity contribution is 0.0702. The molecule has 106 valence electrons. The molecule has 5 nitrogen and oxygen atoms in total. The molecule has 2 N–H and O–H groups in total. The van der Waals surface area contributed by atoms with E-state index in [1.165, 1.54) is 30.9 Å². The zero-order valence-corrected chi connectivity index (χ0v) is 12.8. The highest BCUT2D eigenvalue weighted by Gasteiger charge is 2.11. The van der Waals surface area contributed by atoms with E-state index in [1.54, 1.807) is 23.6 Å². The van der Waals surface area contributed by atoms with Crippen LogP contribution >= 0.6 is 23.1 Å². The number of carbonyl (C=O) groups is 1. The van der Waals surface area contributed by atoms with Gasteiger partial charge in [-0.3, -0.25) is 0 Å². The Morgan fingerprint density at radius 2 is 1.90 bits per heavy atom. The molecular formula is C12H11NO4S3. The molecule has 0 aliphatic carbocycles. The summed E-state index contributed by atoms with van der Waals surface area (Å²) in [6.07, 6.45) is 0. The Kier molecular flexibility index (Phi) is 4.48. The lowest BCUT2D eigenvalue weighted by atomic mass is 10.4. The molecule has 0 saturated carbocycles. The highest BCUT2D eigenvalue weighted by Crippen LogP contribution is 2.31. The molecule has 0 saturated heterocycles. The zero-order valence-electron chi connectivity index (χ0n) is 10.4. The molecule has 8 heteroatoms. The van der Waals surface area contributed by atoms with Gasteiger partial charge < -0.3 is 5.11 Å². The first-order valence-electron chi connectivity index (χ1n) is 5.45. The van der Waals surface area contributed by atoms with Gasteiger partial charge in [0, 0.05) is 15.2 Å². The number of aromatic carboxylic acids is 1. The van der Waals surface area contributed by atoms with Crippen LogP contribution < -0.4 is 4.72 Å². The van der Waals surface area contributed by atoms with E-state index in [2.05, 4.69) is 4.72 Å². The third-order valence-electron chi connectivity index (χ3n) is 2.42. The Balaban J connectivity index is 2.16. The number of nitrogens with one attached hydrogen (secondary N) is 1. The topological polar surface area (TPSA) is 83.5 Å². The Bertz CT molecular complexity index is 719. The van der Waals surface area contributed by atoms with Gasteiger partial charge in [-0.2, -0.15) is 0 Å². The second-order valence-electron chi connectivity index (χ2n) is 3.73. The van der Waals surface area contributed by atoms with Crippen molar-refractivity contribution in [3.63, 3.8) is 0 Å². The van der Waals surface area contributed by atoms with E-state index in [-0.39, 0.29) is 9.77 Å². The van der Waals surface area contributed by atoms with E-state index in [9.17, 15) is 13.2 Å². The molecular weight excluding hydrogens is 318 g/mol. The van der Waals surface area contributed by atoms with Crippen LogP contribution in [0.4, 0.5) is 0 Å². The number of benzene rings is 1. The van der Waals surface area contributed by atoms with Gasteiger partial charge in [-0.15, -0.1) is 11.3 Å². The first-order chi connectivity index (χ1) is 9.42. The van der Waals surface area contributed by atoms with Crippen molar-refractivity contribution in [2.45, 2.75) is 14.7 Å². The predicted molar refractivity (Wildman–Crippen MR) is 78.1 cm³/mol. The Hall–Kier alpha value is -1.35. The predicted octanol–water partition coefficient (Wildman–Crippen LogP) is 2.51. The fourth-order valence-electron chi connectivity index (χ4n) is 1.43. The Morgan fingerprint density at radius 1 is 1.25 bits per heavy atom. The molecule has 0 unspecified atom stereocenters. The van der Waals surface area contributed by atoms with E-state index >= 15 is 0 Å². The SMILES string of the molecule is CNS(=O)(=O)c1ccc(Sc2csc(C(=O)O)c2)cc1. The molecule has 1 heterocycles. The largest absolute Gasteiger partial charge is 0.477 e. The van der Waals surface area contributed by atoms with Crippen LogP contribution in [-0.4, -0.2) is 26.5 Å². The van der Waals surface area contributed by atoms with Gasteiger partial charge in [-0.05, 0) is 37.4 Å². The lowest BCUT2D eigenvalue weighted by Crippen LogP contribution is -2.18. The molecule has 1 aromatic heterocycles. The van der Waals surface area contributed by atoms with Gasteiger partial charge >= 0.3 is 5.97 Å². The summed E-state index contributed by atoms with van der Waals surface area (Å²) in [5.41, 5.74) is 0. The second kappa shape index (κ2) is 5.96. The maximum Gasteiger partial charge on any atom is 0.345 e. The number of carboxylic acids is 1. The van der Waals surface area contributed by atoms with Crippen molar-refractivity contribution in [2.24, 2.45) is 0 Å². The molecule has 1 aromatic carbocycles. The third kappa shape index (κ3) is 3.40. The fraction of sp³-hybridized carbons (Fsp3) is 0.0833. The van der Waals surface area contributed by atoms with Crippen molar-refractivity contribution < 1.29 is 18.3 Å². The highest BCUT2D eigenvalue weighted by molar-refractivity contribution is 7.99. The van der Waals surface area contributed by atoms with Crippen LogP contribution in [0.3, 0.4) is 0 Å². The minimum atomic E-state index is -3.43. The molecule has 0 bridgehead atoms. The van der Waals surface area contributed by atoms with Crippen LogP contribution in [0.15, 0.2) is 50.4 Å². The van der Waals surface area contributed by atoms with Crippen LogP contribution in [0.25, 0.3) is 0 Å². The van der Waals surface area contributed by atoms with Gasteiger partial charge in [0.1, 0.15) is 4.88 Å². The molecule has 0 atom stereocenters. The van der Waals surface area contributed by atoms with Gasteiger partial charge in [0.25, 0.3) is 0 Å². The van der Waals surface area contributed by atoms with E-state index in [4.69, 9.17) is 5.11 Å². The lowest BCUT2D eigenvalue weighted by Gasteiger charge is -2.03. The zero-order chi connectivity index (χ0) is 14.8. The second-order valence-corrected chi connectivity index (χ2v) is 7.68. The normalized spacial score (nSPS) is 11.4. The number of thiophene rings is 1. The summed E-state index contributed by atoms with van der Waals surface area (Å²) >= 11 is 2.55. The maximum atomic E-state index is 11.6. The molecule has 2 rings (SSSR count). The first kappa shape index (κ1) is 15.0. The van der Waals surface area contributed by atoms with Crippen LogP contribution in [-0.2, 0) is 10.0 Å². The van der Waals surface area contributed by atoms with Gasteiger partial charge in [-0.1, -0.05) is 11.8 Å². The van der Waals surface area contributed by atoms with Crippen LogP contribution in [0, 0.1) is 0 Å². The summed E-state index contributed by atoms with van der Waals surface area (Å²) < 4.78 is 25.4. The van der Waals surface area contributed by atoms with Crippen LogP contribution in [0.5, 0.6) is 0 Å². The quantitative estimate of drug-likeness (QED) is 0.880. The van der Waals surface area contributed by atoms with Gasteiger partial charge in [0.15, 0.2) is 0 Å². The van der Waals surface area contributed by atoms with E-state index in [0.29, 0.717) is 0 Å². The molecule has 0 fully saturated rings. The van der Waals surface area contributed by atoms with Crippen LogP contribution in [0.1, 0.15) is 9.67 Å². The average Bonchev–Trinajstić information content (AvgIpc) is 2.88. The van der Waals surface area contributed by atoms with Gasteiger partial charge in [0.2, 0.25) is 10.0 Å². The minimum Gasteiger partial charge on any atom is -0.477 e. The third-order valence-corrected chi connectivity index (χ3v) is 5.90. The number of sulfonamides is 1. The van der Waals surface area contributed by atoms with Crippen molar-refractivity contribution in [1.82, 2.24) is 4.72 Å². The Morgan fingerprint density at radius 3 is 2.40 bits per heavy atom. The maximum absolute atomic E-state index is 11.6. The number of rotatable bonds is 5. The van der Waals surface area contributed by atoms with E-state index in [0.717, 1.165) is 21.1 Å². The van der Waals surface area contributed by atoms with Gasteiger partial charge in [0.05, 0.1) is 4.90 Å². The number of carboxylic acid groups (broad SMARTS) is 1. The molecule has 0 amide bonds. The monoisotopic (exact) mass is 329 g/mol. The molecule has 0 aliphatic heterocycles.